The first-order chi connectivity index (χ1) is 9.72. The highest BCUT2D eigenvalue weighted by molar-refractivity contribution is 5.38. The molecule has 3 rings (SSSR count). The summed E-state index contributed by atoms with van der Waals surface area (Å²) in [6, 6.07) is 1.97. The molecule has 0 bridgehead atoms. The van der Waals surface area contributed by atoms with E-state index in [2.05, 4.69) is 20.4 Å². The minimum atomic E-state index is 0.784. The van der Waals surface area contributed by atoms with Crippen molar-refractivity contribution in [3.8, 4) is 0 Å². The van der Waals surface area contributed by atoms with E-state index in [-0.39, 0.29) is 0 Å². The molecule has 0 fully saturated rings. The molecule has 104 valence electrons. The van der Waals surface area contributed by atoms with Crippen LogP contribution in [0.2, 0.25) is 0 Å². The number of aromatic nitrogens is 5. The Kier molecular flexibility index (Phi) is 3.47. The van der Waals surface area contributed by atoms with Gasteiger partial charge in [0.2, 0.25) is 0 Å². The number of nitrogens with one attached hydrogen (secondary N) is 1. The number of rotatable bonds is 5. The lowest BCUT2D eigenvalue weighted by atomic mass is 10.3. The molecule has 0 aliphatic heterocycles. The van der Waals surface area contributed by atoms with Crippen LogP contribution in [0.1, 0.15) is 17.1 Å². The van der Waals surface area contributed by atoms with Crippen LogP contribution in [0.3, 0.4) is 0 Å². The maximum Gasteiger partial charge on any atom is 0.155 e. The van der Waals surface area contributed by atoms with Gasteiger partial charge in [0.1, 0.15) is 5.82 Å². The lowest BCUT2D eigenvalue weighted by molar-refractivity contribution is 0.651. The van der Waals surface area contributed by atoms with Crippen molar-refractivity contribution in [3.63, 3.8) is 0 Å². The van der Waals surface area contributed by atoms with Crippen molar-refractivity contribution in [1.82, 2.24) is 29.5 Å². The molecule has 3 heterocycles. The van der Waals surface area contributed by atoms with Crippen molar-refractivity contribution in [2.45, 2.75) is 19.9 Å². The second-order valence-corrected chi connectivity index (χ2v) is 4.93. The second-order valence-electron chi connectivity index (χ2n) is 4.93. The Hall–Kier alpha value is -2.21. The maximum atomic E-state index is 4.39. The summed E-state index contributed by atoms with van der Waals surface area (Å²) >= 11 is 0. The van der Waals surface area contributed by atoms with Crippen LogP contribution in [0, 0.1) is 6.92 Å². The van der Waals surface area contributed by atoms with Crippen LogP contribution in [0.4, 0.5) is 0 Å². The zero-order valence-corrected chi connectivity index (χ0v) is 11.7. The van der Waals surface area contributed by atoms with Crippen LogP contribution >= 0.6 is 0 Å². The maximum absolute atomic E-state index is 4.39. The fourth-order valence-corrected chi connectivity index (χ4v) is 2.20. The molecular weight excluding hydrogens is 252 g/mol. The third kappa shape index (κ3) is 2.70. The number of fused-ring (bicyclic) bond motifs is 1. The number of nitrogens with zero attached hydrogens (tertiary/aromatic N) is 5. The highest BCUT2D eigenvalue weighted by Gasteiger charge is 2.02. The van der Waals surface area contributed by atoms with Crippen molar-refractivity contribution in [2.24, 2.45) is 7.05 Å². The molecule has 0 aromatic carbocycles. The quantitative estimate of drug-likeness (QED) is 0.705. The first kappa shape index (κ1) is 12.8. The van der Waals surface area contributed by atoms with Crippen molar-refractivity contribution >= 4 is 5.65 Å². The molecule has 0 amide bonds. The van der Waals surface area contributed by atoms with Crippen molar-refractivity contribution in [2.75, 3.05) is 6.54 Å². The van der Waals surface area contributed by atoms with Crippen LogP contribution in [0.25, 0.3) is 5.65 Å². The summed E-state index contributed by atoms with van der Waals surface area (Å²) in [5, 5.41) is 7.77. The molecule has 0 atom stereocenters. The summed E-state index contributed by atoms with van der Waals surface area (Å²) in [4.78, 5) is 8.69. The number of aryl methyl sites for hydroxylation is 2. The van der Waals surface area contributed by atoms with Gasteiger partial charge >= 0.3 is 0 Å². The molecule has 0 aliphatic rings. The van der Waals surface area contributed by atoms with Crippen molar-refractivity contribution in [3.05, 3.63) is 47.9 Å². The average molecular weight is 270 g/mol. The Morgan fingerprint density at radius 2 is 2.20 bits per heavy atom. The van der Waals surface area contributed by atoms with Crippen LogP contribution < -0.4 is 5.32 Å². The van der Waals surface area contributed by atoms with E-state index in [0.29, 0.717) is 0 Å². The minimum absolute atomic E-state index is 0.784. The standard InChI is InChI=1S/C14H18N6/c1-11-7-14-17-9-12(10-20(14)18-11)8-15-4-3-13-16-5-6-19(13)2/h5-7,9-10,15H,3-4,8H2,1-2H3. The van der Waals surface area contributed by atoms with Gasteiger partial charge in [-0.2, -0.15) is 5.10 Å². The summed E-state index contributed by atoms with van der Waals surface area (Å²) in [7, 11) is 2.01. The molecule has 0 unspecified atom stereocenters. The zero-order valence-electron chi connectivity index (χ0n) is 11.7. The van der Waals surface area contributed by atoms with E-state index < -0.39 is 0 Å². The van der Waals surface area contributed by atoms with E-state index >= 15 is 0 Å². The molecule has 3 aromatic heterocycles. The molecule has 0 radical (unpaired) electrons. The Morgan fingerprint density at radius 1 is 1.30 bits per heavy atom. The van der Waals surface area contributed by atoms with Crippen LogP contribution in [-0.2, 0) is 20.0 Å². The predicted molar refractivity (Wildman–Crippen MR) is 76.3 cm³/mol. The Balaban J connectivity index is 1.55. The van der Waals surface area contributed by atoms with Gasteiger partial charge in [-0.1, -0.05) is 0 Å². The third-order valence-electron chi connectivity index (χ3n) is 3.26. The molecule has 3 aromatic rings. The van der Waals surface area contributed by atoms with Gasteiger partial charge in [0, 0.05) is 63.0 Å². The van der Waals surface area contributed by atoms with E-state index in [1.165, 1.54) is 0 Å². The average Bonchev–Trinajstić information content (AvgIpc) is 2.99. The van der Waals surface area contributed by atoms with Gasteiger partial charge in [0.05, 0.1) is 5.69 Å². The smallest absolute Gasteiger partial charge is 0.155 e. The van der Waals surface area contributed by atoms with E-state index in [9.17, 15) is 0 Å². The molecule has 20 heavy (non-hydrogen) atoms. The monoisotopic (exact) mass is 270 g/mol. The van der Waals surface area contributed by atoms with E-state index in [1.807, 2.05) is 53.9 Å². The SMILES string of the molecule is Cc1cc2ncc(CNCCc3nccn3C)cn2n1. The predicted octanol–water partition coefficient (Wildman–Crippen LogP) is 1.10. The Morgan fingerprint density at radius 3 is 3.00 bits per heavy atom. The molecular formula is C14H18N6. The minimum Gasteiger partial charge on any atom is -0.338 e. The van der Waals surface area contributed by atoms with E-state index in [4.69, 9.17) is 0 Å². The van der Waals surface area contributed by atoms with Gasteiger partial charge in [-0.3, -0.25) is 0 Å². The highest BCUT2D eigenvalue weighted by Crippen LogP contribution is 2.04. The fourth-order valence-electron chi connectivity index (χ4n) is 2.20. The van der Waals surface area contributed by atoms with Gasteiger partial charge in [-0.15, -0.1) is 0 Å². The van der Waals surface area contributed by atoms with Gasteiger partial charge in [0.25, 0.3) is 0 Å². The first-order valence-corrected chi connectivity index (χ1v) is 6.70. The van der Waals surface area contributed by atoms with Gasteiger partial charge < -0.3 is 9.88 Å². The lowest BCUT2D eigenvalue weighted by Crippen LogP contribution is -2.18. The third-order valence-corrected chi connectivity index (χ3v) is 3.26. The molecule has 0 spiro atoms. The summed E-state index contributed by atoms with van der Waals surface area (Å²) < 4.78 is 3.87. The van der Waals surface area contributed by atoms with Crippen LogP contribution in [0.5, 0.6) is 0 Å². The lowest BCUT2D eigenvalue weighted by Gasteiger charge is -2.05. The summed E-state index contributed by atoms with van der Waals surface area (Å²) in [5.74, 6) is 1.09. The normalized spacial score (nSPS) is 11.3. The van der Waals surface area contributed by atoms with Crippen LogP contribution in [0.15, 0.2) is 30.9 Å². The summed E-state index contributed by atoms with van der Waals surface area (Å²) in [6.45, 7) is 3.65. The van der Waals surface area contributed by atoms with Gasteiger partial charge in [-0.05, 0) is 6.92 Å². The fraction of sp³-hybridized carbons (Fsp3) is 0.357. The second kappa shape index (κ2) is 5.42. The molecule has 1 N–H and O–H groups in total. The molecule has 6 nitrogen and oxygen atoms in total. The van der Waals surface area contributed by atoms with E-state index in [0.717, 1.165) is 42.2 Å². The first-order valence-electron chi connectivity index (χ1n) is 6.70. The number of hydrogen-bond acceptors (Lipinski definition) is 4. The van der Waals surface area contributed by atoms with Gasteiger partial charge in [-0.25, -0.2) is 14.5 Å². The van der Waals surface area contributed by atoms with Gasteiger partial charge in [0.15, 0.2) is 5.65 Å². The van der Waals surface area contributed by atoms with Crippen molar-refractivity contribution in [1.29, 1.82) is 0 Å². The van der Waals surface area contributed by atoms with Crippen LogP contribution in [-0.4, -0.2) is 30.7 Å². The summed E-state index contributed by atoms with van der Waals surface area (Å²) in [5.41, 5.74) is 3.00. The largest absolute Gasteiger partial charge is 0.338 e. The topological polar surface area (TPSA) is 60.0 Å². The highest BCUT2D eigenvalue weighted by atomic mass is 15.2. The van der Waals surface area contributed by atoms with Crippen molar-refractivity contribution < 1.29 is 0 Å². The molecule has 0 saturated heterocycles. The Labute approximate surface area is 117 Å². The number of hydrogen-bond donors (Lipinski definition) is 1. The Bertz CT molecular complexity index is 711. The molecule has 0 aliphatic carbocycles. The number of imidazole rings is 1. The zero-order chi connectivity index (χ0) is 13.9. The molecule has 0 saturated carbocycles. The van der Waals surface area contributed by atoms with E-state index in [1.54, 1.807) is 0 Å². The summed E-state index contributed by atoms with van der Waals surface area (Å²) in [6.07, 6.45) is 8.62. The molecule has 6 heteroatoms.